The van der Waals surface area contributed by atoms with Crippen molar-refractivity contribution < 1.29 is 9.18 Å². The van der Waals surface area contributed by atoms with E-state index in [4.69, 9.17) is 11.5 Å². The highest BCUT2D eigenvalue weighted by atomic mass is 19.1. The number of carbonyl (C=O) groups excluding carboxylic acids is 1. The number of halogens is 1. The number of carbonyl (C=O) groups is 1. The zero-order valence-electron chi connectivity index (χ0n) is 15.8. The Kier molecular flexibility index (Phi) is 6.25. The van der Waals surface area contributed by atoms with Crippen molar-refractivity contribution in [1.82, 2.24) is 9.97 Å². The van der Waals surface area contributed by atoms with Crippen LogP contribution in [-0.4, -0.2) is 34.5 Å². The van der Waals surface area contributed by atoms with Gasteiger partial charge in [-0.2, -0.15) is 0 Å². The van der Waals surface area contributed by atoms with E-state index in [1.165, 1.54) is 0 Å². The summed E-state index contributed by atoms with van der Waals surface area (Å²) >= 11 is 0. The molecule has 3 rings (SSSR count). The lowest BCUT2D eigenvalue weighted by atomic mass is 9.91. The number of nitrogens with one attached hydrogen (secondary N) is 3. The molecule has 1 saturated carbocycles. The van der Waals surface area contributed by atoms with Crippen LogP contribution in [0.1, 0.15) is 43.0 Å². The SMILES string of the molecule is CCNc1cc(Nc2nc(NC3CCCC[C@@H]3N)c(F)cc2C(N)=O)ccn1. The van der Waals surface area contributed by atoms with Crippen LogP contribution in [0.2, 0.25) is 0 Å². The van der Waals surface area contributed by atoms with Gasteiger partial charge >= 0.3 is 0 Å². The molecular weight excluding hydrogens is 361 g/mol. The molecule has 0 bridgehead atoms. The van der Waals surface area contributed by atoms with Gasteiger partial charge in [-0.15, -0.1) is 0 Å². The molecule has 0 aliphatic heterocycles. The Labute approximate surface area is 163 Å². The molecule has 2 aromatic rings. The van der Waals surface area contributed by atoms with Crippen molar-refractivity contribution >= 4 is 29.0 Å². The topological polar surface area (TPSA) is 131 Å². The third kappa shape index (κ3) is 4.66. The Morgan fingerprint density at radius 1 is 1.29 bits per heavy atom. The van der Waals surface area contributed by atoms with Crippen LogP contribution in [0.15, 0.2) is 24.4 Å². The molecule has 1 amide bonds. The van der Waals surface area contributed by atoms with E-state index < -0.39 is 11.7 Å². The second kappa shape index (κ2) is 8.83. The van der Waals surface area contributed by atoms with Crippen molar-refractivity contribution in [2.75, 3.05) is 22.5 Å². The van der Waals surface area contributed by atoms with Crippen molar-refractivity contribution in [1.29, 1.82) is 0 Å². The molecule has 7 N–H and O–H groups in total. The summed E-state index contributed by atoms with van der Waals surface area (Å²) < 4.78 is 14.6. The third-order valence-corrected chi connectivity index (χ3v) is 4.76. The Bertz CT molecular complexity index is 845. The minimum Gasteiger partial charge on any atom is -0.370 e. The lowest BCUT2D eigenvalue weighted by Gasteiger charge is -2.30. The van der Waals surface area contributed by atoms with Crippen molar-refractivity contribution in [2.45, 2.75) is 44.7 Å². The van der Waals surface area contributed by atoms with Crippen LogP contribution in [-0.2, 0) is 0 Å². The first kappa shape index (κ1) is 19.8. The Morgan fingerprint density at radius 2 is 2.07 bits per heavy atom. The lowest BCUT2D eigenvalue weighted by Crippen LogP contribution is -2.43. The van der Waals surface area contributed by atoms with E-state index in [0.29, 0.717) is 18.1 Å². The molecule has 2 aromatic heterocycles. The number of aromatic nitrogens is 2. The van der Waals surface area contributed by atoms with E-state index in [9.17, 15) is 9.18 Å². The van der Waals surface area contributed by atoms with E-state index in [2.05, 4.69) is 25.9 Å². The highest BCUT2D eigenvalue weighted by Gasteiger charge is 2.24. The number of primary amides is 1. The van der Waals surface area contributed by atoms with Crippen LogP contribution in [0.25, 0.3) is 0 Å². The monoisotopic (exact) mass is 387 g/mol. The van der Waals surface area contributed by atoms with Gasteiger partial charge in [-0.3, -0.25) is 4.79 Å². The molecular formula is C19H26FN7O. The first-order valence-electron chi connectivity index (χ1n) is 9.47. The molecule has 0 saturated heterocycles. The normalized spacial score (nSPS) is 19.1. The number of hydrogen-bond acceptors (Lipinski definition) is 7. The van der Waals surface area contributed by atoms with Crippen molar-refractivity contribution in [3.8, 4) is 0 Å². The zero-order valence-corrected chi connectivity index (χ0v) is 15.8. The van der Waals surface area contributed by atoms with Crippen LogP contribution in [0.4, 0.5) is 27.5 Å². The van der Waals surface area contributed by atoms with Gasteiger partial charge in [0.1, 0.15) is 11.6 Å². The molecule has 1 fully saturated rings. The van der Waals surface area contributed by atoms with Crippen LogP contribution < -0.4 is 27.4 Å². The summed E-state index contributed by atoms with van der Waals surface area (Å²) in [6.45, 7) is 2.68. The molecule has 0 radical (unpaired) electrons. The van der Waals surface area contributed by atoms with Crippen molar-refractivity contribution in [3.05, 3.63) is 35.8 Å². The Balaban J connectivity index is 1.90. The van der Waals surface area contributed by atoms with Gasteiger partial charge in [0.2, 0.25) is 0 Å². The predicted octanol–water partition coefficient (Wildman–Crippen LogP) is 2.57. The van der Waals surface area contributed by atoms with Gasteiger partial charge in [0.25, 0.3) is 5.91 Å². The van der Waals surface area contributed by atoms with Crippen molar-refractivity contribution in [3.63, 3.8) is 0 Å². The minimum absolute atomic E-state index is 0.0298. The molecule has 1 aliphatic carbocycles. The largest absolute Gasteiger partial charge is 0.370 e. The van der Waals surface area contributed by atoms with Crippen LogP contribution in [0, 0.1) is 5.82 Å². The highest BCUT2D eigenvalue weighted by molar-refractivity contribution is 5.98. The third-order valence-electron chi connectivity index (χ3n) is 4.76. The molecule has 1 aliphatic rings. The summed E-state index contributed by atoms with van der Waals surface area (Å²) in [5, 5.41) is 9.24. The summed E-state index contributed by atoms with van der Waals surface area (Å²) in [6.07, 6.45) is 5.45. The summed E-state index contributed by atoms with van der Waals surface area (Å²) in [5.41, 5.74) is 12.2. The quantitative estimate of drug-likeness (QED) is 0.493. The smallest absolute Gasteiger partial charge is 0.252 e. The fourth-order valence-corrected chi connectivity index (χ4v) is 3.31. The number of hydrogen-bond donors (Lipinski definition) is 5. The second-order valence-electron chi connectivity index (χ2n) is 6.86. The Hall–Kier alpha value is -2.94. The summed E-state index contributed by atoms with van der Waals surface area (Å²) in [7, 11) is 0. The molecule has 2 heterocycles. The number of nitrogens with zero attached hydrogens (tertiary/aromatic N) is 2. The average Bonchev–Trinajstić information content (AvgIpc) is 2.66. The maximum Gasteiger partial charge on any atom is 0.252 e. The molecule has 150 valence electrons. The number of pyridine rings is 2. The highest BCUT2D eigenvalue weighted by Crippen LogP contribution is 2.27. The molecule has 1 unspecified atom stereocenters. The van der Waals surface area contributed by atoms with E-state index in [0.717, 1.165) is 31.7 Å². The first-order valence-corrected chi connectivity index (χ1v) is 9.47. The van der Waals surface area contributed by atoms with E-state index in [-0.39, 0.29) is 29.3 Å². The summed E-state index contributed by atoms with van der Waals surface area (Å²) in [5.74, 6) is -0.511. The lowest BCUT2D eigenvalue weighted by molar-refractivity contribution is 0.100. The summed E-state index contributed by atoms with van der Waals surface area (Å²) in [6, 6.07) is 4.46. The van der Waals surface area contributed by atoms with Crippen LogP contribution in [0.5, 0.6) is 0 Å². The van der Waals surface area contributed by atoms with Gasteiger partial charge < -0.3 is 27.4 Å². The predicted molar refractivity (Wildman–Crippen MR) is 108 cm³/mol. The van der Waals surface area contributed by atoms with Gasteiger partial charge in [-0.05, 0) is 31.9 Å². The van der Waals surface area contributed by atoms with Crippen LogP contribution in [0.3, 0.4) is 0 Å². The van der Waals surface area contributed by atoms with E-state index in [1.807, 2.05) is 6.92 Å². The number of rotatable bonds is 7. The Morgan fingerprint density at radius 3 is 2.79 bits per heavy atom. The first-order chi connectivity index (χ1) is 13.5. The number of nitrogens with two attached hydrogens (primary N) is 2. The average molecular weight is 387 g/mol. The number of amides is 1. The number of anilines is 4. The maximum atomic E-state index is 14.6. The standard InChI is InChI=1S/C19H26FN7O/c1-2-23-16-9-11(7-8-24-16)25-18-12(17(22)28)10-13(20)19(27-18)26-15-6-4-3-5-14(15)21/h7-10,14-15H,2-6,21H2,1H3,(H2,22,28)(H3,23,24,25,26,27)/t14-,15?/m0/s1. The van der Waals surface area contributed by atoms with Gasteiger partial charge in [0, 0.05) is 36.6 Å². The van der Waals surface area contributed by atoms with Crippen molar-refractivity contribution in [2.24, 2.45) is 11.5 Å². The molecule has 28 heavy (non-hydrogen) atoms. The zero-order chi connectivity index (χ0) is 20.1. The van der Waals surface area contributed by atoms with Gasteiger partial charge in [-0.1, -0.05) is 12.8 Å². The van der Waals surface area contributed by atoms with Gasteiger partial charge in [-0.25, -0.2) is 14.4 Å². The molecule has 8 nitrogen and oxygen atoms in total. The maximum absolute atomic E-state index is 14.6. The van der Waals surface area contributed by atoms with E-state index in [1.54, 1.807) is 18.3 Å². The fourth-order valence-electron chi connectivity index (χ4n) is 3.31. The molecule has 0 aromatic carbocycles. The second-order valence-corrected chi connectivity index (χ2v) is 6.86. The van der Waals surface area contributed by atoms with E-state index >= 15 is 0 Å². The fraction of sp³-hybridized carbons (Fsp3) is 0.421. The molecule has 2 atom stereocenters. The van der Waals surface area contributed by atoms with Gasteiger partial charge in [0.15, 0.2) is 11.6 Å². The summed E-state index contributed by atoms with van der Waals surface area (Å²) in [4.78, 5) is 20.3. The van der Waals surface area contributed by atoms with Crippen LogP contribution >= 0.6 is 0 Å². The molecule has 9 heteroatoms. The minimum atomic E-state index is -0.768. The molecule has 0 spiro atoms. The van der Waals surface area contributed by atoms with Gasteiger partial charge in [0.05, 0.1) is 5.56 Å².